The van der Waals surface area contributed by atoms with Gasteiger partial charge in [-0.2, -0.15) is 0 Å². The van der Waals surface area contributed by atoms with Crippen molar-refractivity contribution in [2.24, 2.45) is 0 Å². The lowest BCUT2D eigenvalue weighted by Gasteiger charge is -2.32. The highest BCUT2D eigenvalue weighted by Gasteiger charge is 2.31. The first-order valence-corrected chi connectivity index (χ1v) is 10.8. The van der Waals surface area contributed by atoms with E-state index in [0.717, 1.165) is 18.2 Å². The van der Waals surface area contributed by atoms with Gasteiger partial charge in [-0.05, 0) is 37.8 Å². The molecule has 6 nitrogen and oxygen atoms in total. The molecule has 1 saturated heterocycles. The fourth-order valence-corrected chi connectivity index (χ4v) is 4.70. The summed E-state index contributed by atoms with van der Waals surface area (Å²) in [6.07, 6.45) is 12.4. The molecule has 0 radical (unpaired) electrons. The number of carbonyl (C=O) groups is 1. The molecule has 1 aromatic heterocycles. The second-order valence-electron chi connectivity index (χ2n) is 8.17. The monoisotopic (exact) mass is 381 g/mol. The van der Waals surface area contributed by atoms with Crippen LogP contribution in [0.1, 0.15) is 67.4 Å². The summed E-state index contributed by atoms with van der Waals surface area (Å²) in [5.74, 6) is -0.165. The van der Waals surface area contributed by atoms with Crippen LogP contribution >= 0.6 is 0 Å². The molecule has 1 aliphatic heterocycles. The van der Waals surface area contributed by atoms with Crippen LogP contribution in [0.25, 0.3) is 0 Å². The van der Waals surface area contributed by atoms with E-state index in [2.05, 4.69) is 20.5 Å². The molecule has 2 aliphatic rings. The molecule has 1 aromatic carbocycles. The molecule has 2 fully saturated rings. The lowest BCUT2D eigenvalue weighted by molar-refractivity contribution is 0.0945. The summed E-state index contributed by atoms with van der Waals surface area (Å²) in [5.41, 5.74) is 1.48. The molecule has 1 unspecified atom stereocenters. The molecule has 1 amide bonds. The van der Waals surface area contributed by atoms with Crippen molar-refractivity contribution in [1.82, 2.24) is 25.2 Å². The molecule has 150 valence electrons. The molecular weight excluding hydrogens is 350 g/mol. The molecule has 1 N–H and O–H groups in total. The van der Waals surface area contributed by atoms with E-state index in [-0.39, 0.29) is 5.91 Å². The highest BCUT2D eigenvalue weighted by molar-refractivity contribution is 5.91. The third-order valence-electron chi connectivity index (χ3n) is 6.18. The molecule has 0 bridgehead atoms. The van der Waals surface area contributed by atoms with E-state index in [1.807, 2.05) is 35.0 Å². The number of amides is 1. The lowest BCUT2D eigenvalue weighted by Crippen LogP contribution is -2.41. The quantitative estimate of drug-likeness (QED) is 0.779. The third kappa shape index (κ3) is 4.79. The normalized spacial score (nSPS) is 21.5. The summed E-state index contributed by atoms with van der Waals surface area (Å²) in [4.78, 5) is 15.1. The second kappa shape index (κ2) is 9.32. The third-order valence-corrected chi connectivity index (χ3v) is 6.18. The number of likely N-dealkylation sites (tertiary alicyclic amines) is 1. The first kappa shape index (κ1) is 19.1. The van der Waals surface area contributed by atoms with Crippen molar-refractivity contribution in [3.63, 3.8) is 0 Å². The standard InChI is InChI=1S/C22H31N5O/c28-22(23-15-18-9-4-3-5-10-18)21-17-26(25-24-21)16-20-13-8-14-27(20)19-11-6-1-2-7-12-19/h3-5,9-10,17,19-20H,1-2,6-8,11-16H2,(H,23,28). The Hall–Kier alpha value is -2.21. The largest absolute Gasteiger partial charge is 0.347 e. The minimum absolute atomic E-state index is 0.165. The van der Waals surface area contributed by atoms with Gasteiger partial charge in [-0.15, -0.1) is 5.10 Å². The Bertz CT molecular complexity index is 751. The van der Waals surface area contributed by atoms with Gasteiger partial charge in [0.2, 0.25) is 0 Å². The van der Waals surface area contributed by atoms with E-state index >= 15 is 0 Å². The Balaban J connectivity index is 1.32. The van der Waals surface area contributed by atoms with Gasteiger partial charge in [0.1, 0.15) is 0 Å². The Kier molecular flexibility index (Phi) is 6.37. The number of aromatic nitrogens is 3. The Labute approximate surface area is 167 Å². The van der Waals surface area contributed by atoms with Crippen LogP contribution in [0.15, 0.2) is 36.5 Å². The topological polar surface area (TPSA) is 63.1 Å². The summed E-state index contributed by atoms with van der Waals surface area (Å²) < 4.78 is 1.86. The highest BCUT2D eigenvalue weighted by Crippen LogP contribution is 2.29. The summed E-state index contributed by atoms with van der Waals surface area (Å²) in [6.45, 7) is 2.54. The van der Waals surface area contributed by atoms with Crippen LogP contribution in [0.3, 0.4) is 0 Å². The number of rotatable bonds is 6. The highest BCUT2D eigenvalue weighted by atomic mass is 16.2. The molecule has 4 rings (SSSR count). The Morgan fingerprint density at radius 3 is 2.61 bits per heavy atom. The number of benzene rings is 1. The molecule has 2 aromatic rings. The number of nitrogens with zero attached hydrogens (tertiary/aromatic N) is 4. The predicted molar refractivity (Wildman–Crippen MR) is 109 cm³/mol. The van der Waals surface area contributed by atoms with Crippen LogP contribution in [-0.2, 0) is 13.1 Å². The number of hydrogen-bond acceptors (Lipinski definition) is 4. The maximum absolute atomic E-state index is 12.4. The molecule has 2 heterocycles. The van der Waals surface area contributed by atoms with Crippen molar-refractivity contribution < 1.29 is 4.79 Å². The summed E-state index contributed by atoms with van der Waals surface area (Å²) in [7, 11) is 0. The van der Waals surface area contributed by atoms with Gasteiger partial charge in [-0.25, -0.2) is 0 Å². The number of hydrogen-bond donors (Lipinski definition) is 1. The fourth-order valence-electron chi connectivity index (χ4n) is 4.70. The van der Waals surface area contributed by atoms with Gasteiger partial charge in [-0.1, -0.05) is 61.2 Å². The lowest BCUT2D eigenvalue weighted by atomic mass is 10.1. The van der Waals surface area contributed by atoms with Gasteiger partial charge in [0.05, 0.1) is 12.7 Å². The minimum Gasteiger partial charge on any atom is -0.347 e. The smallest absolute Gasteiger partial charge is 0.273 e. The zero-order valence-electron chi connectivity index (χ0n) is 16.6. The minimum atomic E-state index is -0.165. The zero-order valence-corrected chi connectivity index (χ0v) is 16.6. The van der Waals surface area contributed by atoms with E-state index in [9.17, 15) is 4.79 Å². The van der Waals surface area contributed by atoms with Crippen molar-refractivity contribution in [3.05, 3.63) is 47.8 Å². The SMILES string of the molecule is O=C(NCc1ccccc1)c1cn(CC2CCCN2C2CCCCCC2)nn1. The van der Waals surface area contributed by atoms with Crippen LogP contribution in [0, 0.1) is 0 Å². The average Bonchev–Trinajstić information content (AvgIpc) is 3.30. The Morgan fingerprint density at radius 1 is 1.04 bits per heavy atom. The molecule has 6 heteroatoms. The van der Waals surface area contributed by atoms with Crippen molar-refractivity contribution in [1.29, 1.82) is 0 Å². The van der Waals surface area contributed by atoms with Crippen LogP contribution < -0.4 is 5.32 Å². The molecule has 1 atom stereocenters. The second-order valence-corrected chi connectivity index (χ2v) is 8.17. The van der Waals surface area contributed by atoms with E-state index in [0.29, 0.717) is 18.3 Å². The van der Waals surface area contributed by atoms with E-state index in [1.165, 1.54) is 57.9 Å². The molecule has 0 spiro atoms. The zero-order chi connectivity index (χ0) is 19.2. The summed E-state index contributed by atoms with van der Waals surface area (Å²) in [6, 6.07) is 11.2. The molecular formula is C22H31N5O. The summed E-state index contributed by atoms with van der Waals surface area (Å²) in [5, 5.41) is 11.3. The first-order valence-electron chi connectivity index (χ1n) is 10.8. The van der Waals surface area contributed by atoms with Gasteiger partial charge in [0.25, 0.3) is 5.91 Å². The Morgan fingerprint density at radius 2 is 1.82 bits per heavy atom. The van der Waals surface area contributed by atoms with Crippen LogP contribution in [0.4, 0.5) is 0 Å². The molecule has 1 aliphatic carbocycles. The molecule has 28 heavy (non-hydrogen) atoms. The maximum Gasteiger partial charge on any atom is 0.273 e. The number of nitrogens with one attached hydrogen (secondary N) is 1. The van der Waals surface area contributed by atoms with Crippen LogP contribution in [0.5, 0.6) is 0 Å². The predicted octanol–water partition coefficient (Wildman–Crippen LogP) is 3.40. The maximum atomic E-state index is 12.4. The van der Waals surface area contributed by atoms with Gasteiger partial charge < -0.3 is 5.32 Å². The van der Waals surface area contributed by atoms with Gasteiger partial charge in [0.15, 0.2) is 5.69 Å². The summed E-state index contributed by atoms with van der Waals surface area (Å²) >= 11 is 0. The van der Waals surface area contributed by atoms with Crippen molar-refractivity contribution in [2.75, 3.05) is 6.54 Å². The van der Waals surface area contributed by atoms with E-state index in [1.54, 1.807) is 6.20 Å². The molecule has 1 saturated carbocycles. The van der Waals surface area contributed by atoms with Crippen LogP contribution in [0.2, 0.25) is 0 Å². The first-order chi connectivity index (χ1) is 13.8. The van der Waals surface area contributed by atoms with Crippen molar-refractivity contribution in [2.45, 2.75) is 76.5 Å². The van der Waals surface area contributed by atoms with Gasteiger partial charge >= 0.3 is 0 Å². The van der Waals surface area contributed by atoms with E-state index < -0.39 is 0 Å². The number of carbonyl (C=O) groups excluding carboxylic acids is 1. The van der Waals surface area contributed by atoms with Crippen LogP contribution in [-0.4, -0.2) is 44.4 Å². The average molecular weight is 382 g/mol. The van der Waals surface area contributed by atoms with Gasteiger partial charge in [-0.3, -0.25) is 14.4 Å². The van der Waals surface area contributed by atoms with Gasteiger partial charge in [0, 0.05) is 18.6 Å². The van der Waals surface area contributed by atoms with E-state index in [4.69, 9.17) is 0 Å². The fraction of sp³-hybridized carbons (Fsp3) is 0.591. The van der Waals surface area contributed by atoms with Crippen molar-refractivity contribution >= 4 is 5.91 Å². The van der Waals surface area contributed by atoms with Crippen molar-refractivity contribution in [3.8, 4) is 0 Å².